The molecule has 7 heteroatoms. The van der Waals surface area contributed by atoms with E-state index in [0.29, 0.717) is 0 Å². The second-order valence-electron chi connectivity index (χ2n) is 3.00. The molecule has 1 saturated heterocycles. The van der Waals surface area contributed by atoms with Gasteiger partial charge in [-0.3, -0.25) is 9.59 Å². The van der Waals surface area contributed by atoms with Gasteiger partial charge in [0.1, 0.15) is 6.10 Å². The van der Waals surface area contributed by atoms with Crippen LogP contribution in [0.4, 0.5) is 0 Å². The van der Waals surface area contributed by atoms with Gasteiger partial charge in [-0.1, -0.05) is 0 Å². The van der Waals surface area contributed by atoms with E-state index in [9.17, 15) is 14.4 Å². The molecule has 0 aromatic rings. The number of aliphatic hydroxyl groups excluding tert-OH is 2. The lowest BCUT2D eigenvalue weighted by molar-refractivity contribution is -0.161. The van der Waals surface area contributed by atoms with Crippen LogP contribution in [-0.4, -0.2) is 52.9 Å². The monoisotopic (exact) mass is 218 g/mol. The maximum atomic E-state index is 11.4. The van der Waals surface area contributed by atoms with E-state index < -0.39 is 42.6 Å². The van der Waals surface area contributed by atoms with Crippen molar-refractivity contribution in [3.05, 3.63) is 0 Å². The predicted molar refractivity (Wildman–Crippen MR) is 43.5 cm³/mol. The fourth-order valence-corrected chi connectivity index (χ4v) is 1.15. The number of hydrogen-bond donors (Lipinski definition) is 2. The van der Waals surface area contributed by atoms with Crippen molar-refractivity contribution in [2.45, 2.75) is 25.2 Å². The van der Waals surface area contributed by atoms with Crippen LogP contribution in [0.15, 0.2) is 0 Å². The normalized spacial score (nSPS) is 27.4. The van der Waals surface area contributed by atoms with E-state index in [1.165, 1.54) is 0 Å². The number of aliphatic hydroxyl groups is 2. The molecule has 0 aromatic carbocycles. The molecule has 84 valence electrons. The van der Waals surface area contributed by atoms with Crippen LogP contribution < -0.4 is 0 Å². The lowest BCUT2D eigenvalue weighted by Gasteiger charge is -2.11. The van der Waals surface area contributed by atoms with Gasteiger partial charge in [-0.15, -0.1) is 0 Å². The van der Waals surface area contributed by atoms with Crippen LogP contribution in [0, 0.1) is 0 Å². The quantitative estimate of drug-likeness (QED) is 0.407. The molecular weight excluding hydrogens is 208 g/mol. The summed E-state index contributed by atoms with van der Waals surface area (Å²) >= 11 is 0. The van der Waals surface area contributed by atoms with Gasteiger partial charge < -0.3 is 19.7 Å². The van der Waals surface area contributed by atoms with E-state index in [0.717, 1.165) is 6.92 Å². The minimum absolute atomic E-state index is 0.726. The maximum absolute atomic E-state index is 11.4. The van der Waals surface area contributed by atoms with Gasteiger partial charge in [-0.05, 0) is 0 Å². The topological polar surface area (TPSA) is 110 Å². The van der Waals surface area contributed by atoms with Gasteiger partial charge in [-0.2, -0.15) is 0 Å². The molecule has 0 spiro atoms. The number of ketones is 1. The number of esters is 2. The molecule has 1 heterocycles. The highest BCUT2D eigenvalue weighted by atomic mass is 16.6. The summed E-state index contributed by atoms with van der Waals surface area (Å²) in [4.78, 5) is 32.9. The molecule has 7 nitrogen and oxygen atoms in total. The Morgan fingerprint density at radius 1 is 1.60 bits per heavy atom. The zero-order valence-corrected chi connectivity index (χ0v) is 7.87. The predicted octanol–water partition coefficient (Wildman–Crippen LogP) is -2.23. The molecular formula is C8H10O7. The fourth-order valence-electron chi connectivity index (χ4n) is 1.15. The van der Waals surface area contributed by atoms with Crippen molar-refractivity contribution in [3.63, 3.8) is 0 Å². The van der Waals surface area contributed by atoms with Crippen molar-refractivity contribution >= 4 is 17.7 Å². The third-order valence-electron chi connectivity index (χ3n) is 1.82. The first-order valence-electron chi connectivity index (χ1n) is 4.17. The van der Waals surface area contributed by atoms with E-state index in [1.807, 2.05) is 0 Å². The Bertz CT molecular complexity index is 297. The van der Waals surface area contributed by atoms with Crippen molar-refractivity contribution in [2.75, 3.05) is 6.61 Å². The molecule has 0 aliphatic carbocycles. The highest BCUT2D eigenvalue weighted by molar-refractivity contribution is 6.10. The van der Waals surface area contributed by atoms with E-state index in [1.54, 1.807) is 0 Å². The number of carbonyl (C=O) groups is 3. The molecule has 0 radical (unpaired) electrons. The summed E-state index contributed by atoms with van der Waals surface area (Å²) in [6.07, 6.45) is -4.59. The van der Waals surface area contributed by atoms with Crippen molar-refractivity contribution in [1.29, 1.82) is 0 Å². The lowest BCUT2D eigenvalue weighted by atomic mass is 10.1. The Morgan fingerprint density at radius 3 is 2.67 bits per heavy atom. The van der Waals surface area contributed by atoms with Gasteiger partial charge in [0.2, 0.25) is 5.78 Å². The molecule has 2 N–H and O–H groups in total. The van der Waals surface area contributed by atoms with Crippen LogP contribution in [0.2, 0.25) is 0 Å². The second-order valence-corrected chi connectivity index (χ2v) is 3.00. The average Bonchev–Trinajstić information content (AvgIpc) is 2.44. The summed E-state index contributed by atoms with van der Waals surface area (Å²) in [5.41, 5.74) is 0. The standard InChI is InChI=1S/C8H10O7/c1-3(10)14-7-5(12)6(4(11)2-9)15-8(7)13/h4,6-7,9,11H,2H2,1H3/t4-,6+,7?/m0/s1. The number of rotatable bonds is 3. The molecule has 0 amide bonds. The Labute approximate surface area is 84.6 Å². The van der Waals surface area contributed by atoms with Gasteiger partial charge in [0.05, 0.1) is 6.61 Å². The van der Waals surface area contributed by atoms with Gasteiger partial charge in [0.15, 0.2) is 6.10 Å². The first-order valence-corrected chi connectivity index (χ1v) is 4.17. The van der Waals surface area contributed by atoms with Crippen LogP contribution in [0.5, 0.6) is 0 Å². The second kappa shape index (κ2) is 4.37. The van der Waals surface area contributed by atoms with Crippen LogP contribution >= 0.6 is 0 Å². The van der Waals surface area contributed by atoms with Gasteiger partial charge in [-0.25, -0.2) is 4.79 Å². The highest BCUT2D eigenvalue weighted by Gasteiger charge is 2.48. The summed E-state index contributed by atoms with van der Waals surface area (Å²) in [5, 5.41) is 17.7. The Hall–Kier alpha value is -1.47. The molecule has 1 fully saturated rings. The van der Waals surface area contributed by atoms with E-state index in [-0.39, 0.29) is 0 Å². The van der Waals surface area contributed by atoms with E-state index in [4.69, 9.17) is 10.2 Å². The fraction of sp³-hybridized carbons (Fsp3) is 0.625. The summed E-state index contributed by atoms with van der Waals surface area (Å²) < 4.78 is 8.87. The van der Waals surface area contributed by atoms with Crippen LogP contribution in [0.3, 0.4) is 0 Å². The number of hydrogen-bond acceptors (Lipinski definition) is 7. The first kappa shape index (κ1) is 11.6. The molecule has 3 atom stereocenters. The molecule has 1 unspecified atom stereocenters. The minimum atomic E-state index is -1.63. The first-order chi connectivity index (χ1) is 6.97. The van der Waals surface area contributed by atoms with Gasteiger partial charge >= 0.3 is 11.9 Å². The minimum Gasteiger partial charge on any atom is -0.448 e. The number of cyclic esters (lactones) is 1. The van der Waals surface area contributed by atoms with E-state index >= 15 is 0 Å². The SMILES string of the molecule is CC(=O)OC1C(=O)O[C@H]([C@@H](O)CO)C1=O. The third kappa shape index (κ3) is 2.31. The van der Waals surface area contributed by atoms with Gasteiger partial charge in [0, 0.05) is 6.92 Å². The summed E-state index contributed by atoms with van der Waals surface area (Å²) in [6, 6.07) is 0. The zero-order valence-electron chi connectivity index (χ0n) is 7.87. The van der Waals surface area contributed by atoms with E-state index in [2.05, 4.69) is 9.47 Å². The maximum Gasteiger partial charge on any atom is 0.356 e. The number of ether oxygens (including phenoxy) is 2. The lowest BCUT2D eigenvalue weighted by Crippen LogP contribution is -2.37. The largest absolute Gasteiger partial charge is 0.448 e. The highest BCUT2D eigenvalue weighted by Crippen LogP contribution is 2.17. The number of carbonyl (C=O) groups excluding carboxylic acids is 3. The van der Waals surface area contributed by atoms with Crippen molar-refractivity contribution in [2.24, 2.45) is 0 Å². The number of Topliss-reactive ketones (excluding diaryl/α,β-unsaturated/α-hetero) is 1. The Kier molecular flexibility index (Phi) is 3.38. The Morgan fingerprint density at radius 2 is 2.20 bits per heavy atom. The molecule has 0 bridgehead atoms. The van der Waals surface area contributed by atoms with Crippen molar-refractivity contribution in [3.8, 4) is 0 Å². The van der Waals surface area contributed by atoms with Crippen LogP contribution in [-0.2, 0) is 23.9 Å². The molecule has 1 rings (SSSR count). The molecule has 1 aliphatic heterocycles. The zero-order chi connectivity index (χ0) is 11.6. The molecule has 0 saturated carbocycles. The van der Waals surface area contributed by atoms with Crippen LogP contribution in [0.1, 0.15) is 6.92 Å². The van der Waals surface area contributed by atoms with Crippen molar-refractivity contribution in [1.82, 2.24) is 0 Å². The Balaban J connectivity index is 2.74. The van der Waals surface area contributed by atoms with Crippen LogP contribution in [0.25, 0.3) is 0 Å². The summed E-state index contributed by atoms with van der Waals surface area (Å²) in [6.45, 7) is 0.312. The molecule has 15 heavy (non-hydrogen) atoms. The summed E-state index contributed by atoms with van der Waals surface area (Å²) in [7, 11) is 0. The van der Waals surface area contributed by atoms with Gasteiger partial charge in [0.25, 0.3) is 6.10 Å². The summed E-state index contributed by atoms with van der Waals surface area (Å²) in [5.74, 6) is -2.70. The average molecular weight is 218 g/mol. The molecule has 1 aliphatic rings. The molecule has 0 aromatic heterocycles. The van der Waals surface area contributed by atoms with Crippen molar-refractivity contribution < 1.29 is 34.1 Å². The third-order valence-corrected chi connectivity index (χ3v) is 1.82. The smallest absolute Gasteiger partial charge is 0.356 e.